The molecule has 2 aromatic heterocycles. The first-order valence-corrected chi connectivity index (χ1v) is 14.2. The number of aromatic nitrogens is 2. The van der Waals surface area contributed by atoms with Crippen LogP contribution in [0.4, 0.5) is 5.13 Å². The smallest absolute Gasteiger partial charge is 0.352 e. The molecule has 37 heavy (non-hydrogen) atoms. The number of thioether (sulfide) groups is 2. The monoisotopic (exact) mass is 564 g/mol. The fourth-order valence-corrected chi connectivity index (χ4v) is 6.64. The predicted molar refractivity (Wildman–Crippen MR) is 142 cm³/mol. The number of hydrogen-bond acceptors (Lipinski definition) is 11. The maximum absolute atomic E-state index is 13.0. The number of amides is 2. The molecule has 1 saturated heterocycles. The average Bonchev–Trinajstić information content (AvgIpc) is 3.33. The third-order valence-electron chi connectivity index (χ3n) is 5.45. The lowest BCUT2D eigenvalue weighted by Crippen LogP contribution is -2.71. The molecule has 2 amide bonds. The molecule has 1 fully saturated rings. The van der Waals surface area contributed by atoms with E-state index in [1.807, 2.05) is 29.2 Å². The maximum atomic E-state index is 13.0. The van der Waals surface area contributed by atoms with E-state index < -0.39 is 29.2 Å². The van der Waals surface area contributed by atoms with Crippen LogP contribution >= 0.6 is 34.9 Å². The van der Waals surface area contributed by atoms with Crippen molar-refractivity contribution in [3.63, 3.8) is 0 Å². The van der Waals surface area contributed by atoms with Crippen LogP contribution in [0.25, 0.3) is 0 Å². The van der Waals surface area contributed by atoms with Crippen molar-refractivity contribution in [3.05, 3.63) is 46.9 Å². The van der Waals surface area contributed by atoms with Gasteiger partial charge < -0.3 is 21.0 Å². The standard InChI is InChI=1S/C22H25N7O5S3/c1-3-6-24-28-7-4-13(5-8-28)35-9-12-10-36-20-16(19(31)29(20)17(12)21(32)33)26-18(30)15(27-34-2)14-11-37-22(23)25-14/h4-5,7-8,11,16,20,24H,3,6,9-10H2,1-2H3,(H3-,23,25,26,30,32,33)/p+1/t16-,20-/m1/s1. The molecule has 0 unspecified atom stereocenters. The van der Waals surface area contributed by atoms with E-state index in [1.54, 1.807) is 5.38 Å². The fourth-order valence-electron chi connectivity index (χ4n) is 3.72. The Labute approximate surface area is 225 Å². The molecule has 196 valence electrons. The second-order valence-electron chi connectivity index (χ2n) is 7.95. The lowest BCUT2D eigenvalue weighted by Gasteiger charge is -2.49. The molecule has 2 aliphatic heterocycles. The topological polar surface area (TPSA) is 163 Å². The zero-order valence-corrected chi connectivity index (χ0v) is 22.5. The van der Waals surface area contributed by atoms with Gasteiger partial charge in [0.05, 0.1) is 6.54 Å². The van der Waals surface area contributed by atoms with E-state index >= 15 is 0 Å². The minimum absolute atomic E-state index is 0.0274. The van der Waals surface area contributed by atoms with Gasteiger partial charge in [0.25, 0.3) is 11.8 Å². The molecule has 0 spiro atoms. The van der Waals surface area contributed by atoms with Crippen molar-refractivity contribution in [3.8, 4) is 0 Å². The quantitative estimate of drug-likeness (QED) is 0.101. The number of carboxylic acid groups (broad SMARTS) is 1. The number of nitrogens with one attached hydrogen (secondary N) is 2. The number of carbonyl (C=O) groups excluding carboxylic acids is 2. The molecule has 4 rings (SSSR count). The van der Waals surface area contributed by atoms with Crippen molar-refractivity contribution in [2.24, 2.45) is 5.16 Å². The second-order valence-corrected chi connectivity index (χ2v) is 11.0. The zero-order valence-electron chi connectivity index (χ0n) is 20.0. The lowest BCUT2D eigenvalue weighted by atomic mass is 10.0. The summed E-state index contributed by atoms with van der Waals surface area (Å²) in [6.07, 6.45) is 4.82. The van der Waals surface area contributed by atoms with E-state index in [2.05, 4.69) is 27.8 Å². The molecule has 12 nitrogen and oxygen atoms in total. The van der Waals surface area contributed by atoms with Crippen LogP contribution in [0.2, 0.25) is 0 Å². The molecule has 2 aliphatic rings. The number of β-lactam (4-membered cyclic amide) rings is 1. The first kappa shape index (κ1) is 26.8. The van der Waals surface area contributed by atoms with Crippen LogP contribution < -0.4 is 21.2 Å². The van der Waals surface area contributed by atoms with Gasteiger partial charge in [0.2, 0.25) is 12.4 Å². The number of carboxylic acids is 1. The molecule has 2 atom stereocenters. The molecule has 0 saturated carbocycles. The summed E-state index contributed by atoms with van der Waals surface area (Å²) in [6.45, 7) is 2.94. The van der Waals surface area contributed by atoms with Gasteiger partial charge in [0.1, 0.15) is 29.9 Å². The Morgan fingerprint density at radius 2 is 2.16 bits per heavy atom. The highest BCUT2D eigenvalue weighted by Crippen LogP contribution is 2.41. The zero-order chi connectivity index (χ0) is 26.5. The van der Waals surface area contributed by atoms with Gasteiger partial charge in [0.15, 0.2) is 10.8 Å². The molecule has 4 heterocycles. The van der Waals surface area contributed by atoms with E-state index in [9.17, 15) is 19.5 Å². The highest BCUT2D eigenvalue weighted by molar-refractivity contribution is 8.01. The lowest BCUT2D eigenvalue weighted by molar-refractivity contribution is -0.650. The summed E-state index contributed by atoms with van der Waals surface area (Å²) in [7, 11) is 1.29. The molecule has 2 aromatic rings. The van der Waals surface area contributed by atoms with Crippen molar-refractivity contribution in [2.75, 3.05) is 36.3 Å². The van der Waals surface area contributed by atoms with Crippen LogP contribution in [0.1, 0.15) is 19.0 Å². The van der Waals surface area contributed by atoms with Crippen molar-refractivity contribution >= 4 is 63.5 Å². The van der Waals surface area contributed by atoms with Crippen molar-refractivity contribution < 1.29 is 29.0 Å². The second kappa shape index (κ2) is 11.8. The average molecular weight is 565 g/mol. The maximum Gasteiger partial charge on any atom is 0.352 e. The Kier molecular flexibility index (Phi) is 8.56. The van der Waals surface area contributed by atoms with Crippen LogP contribution in [0, 0.1) is 0 Å². The van der Waals surface area contributed by atoms with Gasteiger partial charge in [-0.1, -0.05) is 16.8 Å². The van der Waals surface area contributed by atoms with Gasteiger partial charge in [-0.2, -0.15) is 5.43 Å². The van der Waals surface area contributed by atoms with Crippen LogP contribution in [0.5, 0.6) is 0 Å². The Bertz CT molecular complexity index is 1250. The molecule has 0 aliphatic carbocycles. The highest BCUT2D eigenvalue weighted by atomic mass is 32.2. The number of thiazole rings is 1. The summed E-state index contributed by atoms with van der Waals surface area (Å²) in [4.78, 5) is 49.0. The molecule has 0 bridgehead atoms. The van der Waals surface area contributed by atoms with Gasteiger partial charge in [-0.3, -0.25) is 14.5 Å². The summed E-state index contributed by atoms with van der Waals surface area (Å²) < 4.78 is 1.87. The normalized spacial score (nSPS) is 19.2. The van der Waals surface area contributed by atoms with Crippen molar-refractivity contribution in [1.82, 2.24) is 15.2 Å². The van der Waals surface area contributed by atoms with Gasteiger partial charge in [-0.25, -0.2) is 9.78 Å². The first-order valence-electron chi connectivity index (χ1n) is 11.2. The number of nitrogens with two attached hydrogens (primary N) is 1. The summed E-state index contributed by atoms with van der Waals surface area (Å²) in [5, 5.41) is 17.6. The van der Waals surface area contributed by atoms with E-state index in [4.69, 9.17) is 10.6 Å². The van der Waals surface area contributed by atoms with Crippen LogP contribution in [-0.2, 0) is 19.2 Å². The number of nitrogen functional groups attached to an aromatic ring is 1. The number of aliphatic carboxylic acids is 1. The SMILES string of the molecule is CCCN[n+]1ccc(SCC2=C(C(=O)O)N3C(=O)[C@@H](NC(=O)C(=NOC)c4csc(N)n4)[C@H]3SC2)cc1. The number of carbonyl (C=O) groups is 3. The number of hydrogen-bond donors (Lipinski definition) is 4. The van der Waals surface area contributed by atoms with Crippen LogP contribution in [0.15, 0.2) is 51.2 Å². The minimum atomic E-state index is -1.17. The number of nitrogens with zero attached hydrogens (tertiary/aromatic N) is 4. The van der Waals surface area contributed by atoms with E-state index in [1.165, 1.54) is 35.5 Å². The predicted octanol–water partition coefficient (Wildman–Crippen LogP) is 0.848. The van der Waals surface area contributed by atoms with Crippen LogP contribution in [-0.4, -0.2) is 75.1 Å². The van der Waals surface area contributed by atoms with Crippen molar-refractivity contribution in [1.29, 1.82) is 0 Å². The summed E-state index contributed by atoms with van der Waals surface area (Å²) in [6, 6.07) is 2.99. The molecule has 5 N–H and O–H groups in total. The van der Waals surface area contributed by atoms with E-state index in [0.29, 0.717) is 17.1 Å². The van der Waals surface area contributed by atoms with E-state index in [0.717, 1.165) is 29.2 Å². The van der Waals surface area contributed by atoms with Crippen molar-refractivity contribution in [2.45, 2.75) is 29.7 Å². The largest absolute Gasteiger partial charge is 0.477 e. The van der Waals surface area contributed by atoms with Crippen LogP contribution in [0.3, 0.4) is 0 Å². The fraction of sp³-hybridized carbons (Fsp3) is 0.364. The first-order chi connectivity index (χ1) is 17.8. The Morgan fingerprint density at radius 1 is 1.41 bits per heavy atom. The van der Waals surface area contributed by atoms with Gasteiger partial charge in [-0.05, 0) is 12.0 Å². The van der Waals surface area contributed by atoms with Gasteiger partial charge in [-0.15, -0.1) is 34.9 Å². The minimum Gasteiger partial charge on any atom is -0.477 e. The number of oxime groups is 1. The Morgan fingerprint density at radius 3 is 2.78 bits per heavy atom. The third-order valence-corrected chi connectivity index (χ3v) is 8.57. The third kappa shape index (κ3) is 5.83. The molecule has 0 radical (unpaired) electrons. The summed E-state index contributed by atoms with van der Waals surface area (Å²) >= 11 is 4.04. The molecular formula is C22H26N7O5S3+. The Hall–Kier alpha value is -3.30. The molecular weight excluding hydrogens is 538 g/mol. The number of rotatable bonds is 11. The number of anilines is 1. The summed E-state index contributed by atoms with van der Waals surface area (Å²) in [5.41, 5.74) is 9.61. The van der Waals surface area contributed by atoms with Gasteiger partial charge in [0, 0.05) is 33.9 Å². The molecule has 15 heteroatoms. The molecule has 0 aromatic carbocycles. The number of pyridine rings is 1. The highest BCUT2D eigenvalue weighted by Gasteiger charge is 2.54. The van der Waals surface area contributed by atoms with E-state index in [-0.39, 0.29) is 22.2 Å². The summed E-state index contributed by atoms with van der Waals surface area (Å²) in [5.74, 6) is -1.49. The Balaban J connectivity index is 1.44. The number of fused-ring (bicyclic) bond motifs is 1. The van der Waals surface area contributed by atoms with Gasteiger partial charge >= 0.3 is 5.97 Å².